The van der Waals surface area contributed by atoms with Gasteiger partial charge in [-0.05, 0) is 43.7 Å². The van der Waals surface area contributed by atoms with E-state index in [9.17, 15) is 8.42 Å². The van der Waals surface area contributed by atoms with Crippen molar-refractivity contribution in [3.63, 3.8) is 0 Å². The number of aryl methyl sites for hydroxylation is 3. The Morgan fingerprint density at radius 1 is 1.08 bits per heavy atom. The van der Waals surface area contributed by atoms with Gasteiger partial charge in [-0.3, -0.25) is 4.72 Å². The lowest BCUT2D eigenvalue weighted by molar-refractivity contribution is 0.392. The molecule has 0 atom stereocenters. The summed E-state index contributed by atoms with van der Waals surface area (Å²) >= 11 is 0. The van der Waals surface area contributed by atoms with Gasteiger partial charge in [-0.25, -0.2) is 8.42 Å². The van der Waals surface area contributed by atoms with Crippen molar-refractivity contribution in [2.24, 2.45) is 0 Å². The minimum Gasteiger partial charge on any atom is -0.496 e. The van der Waals surface area contributed by atoms with E-state index in [0.29, 0.717) is 22.9 Å². The van der Waals surface area contributed by atoms with Crippen LogP contribution in [0, 0.1) is 20.8 Å². The summed E-state index contributed by atoms with van der Waals surface area (Å²) in [7, 11) is -2.30. The molecule has 0 amide bonds. The largest absolute Gasteiger partial charge is 0.496 e. The molecule has 0 aliphatic carbocycles. The highest BCUT2D eigenvalue weighted by Crippen LogP contribution is 2.31. The number of nitrogens with one attached hydrogen (secondary N) is 1. The number of ether oxygens (including phenoxy) is 1. The summed E-state index contributed by atoms with van der Waals surface area (Å²) in [6.45, 7) is 5.46. The van der Waals surface area contributed by atoms with Crippen molar-refractivity contribution < 1.29 is 17.7 Å². The molecule has 1 aromatic heterocycles. The molecule has 0 aliphatic rings. The average molecular weight is 373 g/mol. The van der Waals surface area contributed by atoms with Gasteiger partial charge in [-0.15, -0.1) is 0 Å². The van der Waals surface area contributed by atoms with Gasteiger partial charge in [0.1, 0.15) is 5.75 Å². The lowest BCUT2D eigenvalue weighted by atomic mass is 10.1. The van der Waals surface area contributed by atoms with Gasteiger partial charge >= 0.3 is 0 Å². The highest BCUT2D eigenvalue weighted by molar-refractivity contribution is 7.92. The predicted molar refractivity (Wildman–Crippen MR) is 97.7 cm³/mol. The van der Waals surface area contributed by atoms with E-state index in [1.54, 1.807) is 19.1 Å². The number of methoxy groups -OCH3 is 1. The molecule has 8 heteroatoms. The third kappa shape index (κ3) is 3.55. The molecule has 0 radical (unpaired) electrons. The van der Waals surface area contributed by atoms with Crippen LogP contribution in [-0.2, 0) is 10.0 Å². The maximum absolute atomic E-state index is 12.8. The molecular weight excluding hydrogens is 354 g/mol. The van der Waals surface area contributed by atoms with Crippen molar-refractivity contribution >= 4 is 15.7 Å². The number of hydrogen-bond donors (Lipinski definition) is 1. The molecule has 3 aromatic rings. The van der Waals surface area contributed by atoms with Crippen LogP contribution in [0.15, 0.2) is 45.8 Å². The molecule has 0 spiro atoms. The Morgan fingerprint density at radius 3 is 2.46 bits per heavy atom. The third-order valence-electron chi connectivity index (χ3n) is 3.88. The van der Waals surface area contributed by atoms with Gasteiger partial charge in [0.25, 0.3) is 10.0 Å². The second kappa shape index (κ2) is 6.80. The summed E-state index contributed by atoms with van der Waals surface area (Å²) in [5, 5.41) is 3.84. The van der Waals surface area contributed by atoms with Crippen molar-refractivity contribution in [3.05, 3.63) is 53.4 Å². The third-order valence-corrected chi connectivity index (χ3v) is 5.24. The van der Waals surface area contributed by atoms with Gasteiger partial charge in [0, 0.05) is 6.92 Å². The average Bonchev–Trinajstić information content (AvgIpc) is 3.03. The Bertz CT molecular complexity index is 1060. The zero-order valence-corrected chi connectivity index (χ0v) is 15.7. The number of anilines is 1. The molecule has 0 bridgehead atoms. The maximum atomic E-state index is 12.8. The number of benzene rings is 2. The van der Waals surface area contributed by atoms with Crippen LogP contribution in [0.4, 0.5) is 5.69 Å². The number of nitrogens with zero attached hydrogens (tertiary/aromatic N) is 2. The first-order valence-corrected chi connectivity index (χ1v) is 9.37. The molecule has 136 valence electrons. The molecule has 0 saturated heterocycles. The summed E-state index contributed by atoms with van der Waals surface area (Å²) in [6.07, 6.45) is 0. The van der Waals surface area contributed by atoms with Crippen LogP contribution < -0.4 is 9.46 Å². The normalized spacial score (nSPS) is 11.4. The van der Waals surface area contributed by atoms with Crippen LogP contribution in [0.1, 0.15) is 17.0 Å². The topological polar surface area (TPSA) is 94.3 Å². The predicted octanol–water partition coefficient (Wildman–Crippen LogP) is 3.47. The molecule has 0 saturated carbocycles. The molecule has 26 heavy (non-hydrogen) atoms. The van der Waals surface area contributed by atoms with Crippen molar-refractivity contribution in [2.45, 2.75) is 25.7 Å². The smallest absolute Gasteiger partial charge is 0.261 e. The van der Waals surface area contributed by atoms with Crippen LogP contribution in [0.5, 0.6) is 5.75 Å². The molecule has 1 N–H and O–H groups in total. The van der Waals surface area contributed by atoms with Crippen LogP contribution in [0.3, 0.4) is 0 Å². The Kier molecular flexibility index (Phi) is 4.69. The van der Waals surface area contributed by atoms with Gasteiger partial charge in [0.05, 0.1) is 23.3 Å². The van der Waals surface area contributed by atoms with Gasteiger partial charge in [-0.2, -0.15) is 4.98 Å². The van der Waals surface area contributed by atoms with E-state index in [1.165, 1.54) is 19.2 Å². The van der Waals surface area contributed by atoms with Crippen LogP contribution in [0.25, 0.3) is 11.4 Å². The van der Waals surface area contributed by atoms with Crippen LogP contribution in [-0.4, -0.2) is 25.7 Å². The molecule has 0 fully saturated rings. The number of aromatic nitrogens is 2. The van der Waals surface area contributed by atoms with E-state index in [0.717, 1.165) is 11.1 Å². The fourth-order valence-corrected chi connectivity index (χ4v) is 3.73. The monoisotopic (exact) mass is 373 g/mol. The molecule has 2 aromatic carbocycles. The van der Waals surface area contributed by atoms with E-state index in [1.807, 2.05) is 26.0 Å². The van der Waals surface area contributed by atoms with Gasteiger partial charge in [0.2, 0.25) is 11.7 Å². The van der Waals surface area contributed by atoms with Crippen LogP contribution >= 0.6 is 0 Å². The minimum absolute atomic E-state index is 0.0794. The van der Waals surface area contributed by atoms with E-state index >= 15 is 0 Å². The summed E-state index contributed by atoms with van der Waals surface area (Å²) < 4.78 is 38.5. The van der Waals surface area contributed by atoms with Gasteiger partial charge in [-0.1, -0.05) is 22.9 Å². The molecular formula is C18H19N3O4S. The van der Waals surface area contributed by atoms with E-state index < -0.39 is 10.0 Å². The fourth-order valence-electron chi connectivity index (χ4n) is 2.57. The Morgan fingerprint density at radius 2 is 1.85 bits per heavy atom. The van der Waals surface area contributed by atoms with Crippen molar-refractivity contribution in [1.82, 2.24) is 10.1 Å². The summed E-state index contributed by atoms with van der Waals surface area (Å²) in [6, 6.07) is 10.0. The fraction of sp³-hybridized carbons (Fsp3) is 0.222. The first-order chi connectivity index (χ1) is 12.3. The zero-order chi connectivity index (χ0) is 18.9. The van der Waals surface area contributed by atoms with Crippen molar-refractivity contribution in [1.29, 1.82) is 0 Å². The molecule has 3 rings (SSSR count). The quantitative estimate of drug-likeness (QED) is 0.736. The van der Waals surface area contributed by atoms with Crippen molar-refractivity contribution in [3.8, 4) is 17.1 Å². The summed E-state index contributed by atoms with van der Waals surface area (Å²) in [5.41, 5.74) is 2.87. The highest BCUT2D eigenvalue weighted by Gasteiger charge is 2.20. The highest BCUT2D eigenvalue weighted by atomic mass is 32.2. The number of hydrogen-bond acceptors (Lipinski definition) is 6. The minimum atomic E-state index is -3.79. The molecule has 0 aliphatic heterocycles. The van der Waals surface area contributed by atoms with Gasteiger partial charge in [0.15, 0.2) is 0 Å². The Balaban J connectivity index is 2.02. The zero-order valence-electron chi connectivity index (χ0n) is 14.9. The Labute approximate surface area is 152 Å². The second-order valence-electron chi connectivity index (χ2n) is 5.92. The van der Waals surface area contributed by atoms with Crippen molar-refractivity contribution in [2.75, 3.05) is 11.8 Å². The van der Waals surface area contributed by atoms with E-state index in [2.05, 4.69) is 14.9 Å². The maximum Gasteiger partial charge on any atom is 0.261 e. The summed E-state index contributed by atoms with van der Waals surface area (Å²) in [4.78, 5) is 4.23. The van der Waals surface area contributed by atoms with Gasteiger partial charge < -0.3 is 9.26 Å². The molecule has 7 nitrogen and oxygen atoms in total. The van der Waals surface area contributed by atoms with E-state index in [4.69, 9.17) is 9.26 Å². The number of rotatable bonds is 5. The Hall–Kier alpha value is -2.87. The molecule has 0 unspecified atom stereocenters. The molecule has 1 heterocycles. The number of sulfonamides is 1. The lowest BCUT2D eigenvalue weighted by Crippen LogP contribution is -2.14. The van der Waals surface area contributed by atoms with Crippen LogP contribution in [0.2, 0.25) is 0 Å². The second-order valence-corrected chi connectivity index (χ2v) is 7.61. The first kappa shape index (κ1) is 17.9. The lowest BCUT2D eigenvalue weighted by Gasteiger charge is -2.13. The SMILES string of the molecule is COc1ccc(S(=O)(=O)Nc2ccc(C)cc2C)cc1-c1noc(C)n1. The first-order valence-electron chi connectivity index (χ1n) is 7.89. The standard InChI is InChI=1S/C18H19N3O4S/c1-11-5-7-16(12(2)9-11)21-26(22,23)14-6-8-17(24-4)15(10-14)18-19-13(3)25-20-18/h5-10,21H,1-4H3. The van der Waals surface area contributed by atoms with E-state index in [-0.39, 0.29) is 10.7 Å². The summed E-state index contributed by atoms with van der Waals surface area (Å²) in [5.74, 6) is 1.10.